The lowest BCUT2D eigenvalue weighted by atomic mass is 10.0. The van der Waals surface area contributed by atoms with E-state index in [1.807, 2.05) is 0 Å². The number of H-pyrrole nitrogens is 1. The van der Waals surface area contributed by atoms with Gasteiger partial charge in [0.1, 0.15) is 11.7 Å². The van der Waals surface area contributed by atoms with E-state index in [0.717, 1.165) is 0 Å². The van der Waals surface area contributed by atoms with E-state index < -0.39 is 17.9 Å². The molecule has 0 aliphatic heterocycles. The zero-order chi connectivity index (χ0) is 21.0. The maximum Gasteiger partial charge on any atom is 0.231 e. The van der Waals surface area contributed by atoms with Gasteiger partial charge in [-0.3, -0.25) is 9.89 Å². The van der Waals surface area contributed by atoms with Crippen LogP contribution in [0.5, 0.6) is 5.75 Å². The SMILES string of the molecule is CCOc1c(F)c(Cl)c(-c2ccn3nc(NC(=O)C4CC4F)cc3c2)c2cn[nH]c12. The van der Waals surface area contributed by atoms with Gasteiger partial charge in [-0.15, -0.1) is 0 Å². The predicted molar refractivity (Wildman–Crippen MR) is 108 cm³/mol. The Morgan fingerprint density at radius 2 is 2.27 bits per heavy atom. The number of aromatic nitrogens is 4. The van der Waals surface area contributed by atoms with Crippen molar-refractivity contribution in [3.05, 3.63) is 41.4 Å². The molecule has 2 unspecified atom stereocenters. The number of rotatable bonds is 5. The molecule has 4 aromatic rings. The van der Waals surface area contributed by atoms with Crippen LogP contribution in [0, 0.1) is 11.7 Å². The second kappa shape index (κ2) is 6.94. The number of halogens is 3. The molecular weight excluding hydrogens is 416 g/mol. The van der Waals surface area contributed by atoms with Crippen molar-refractivity contribution in [2.24, 2.45) is 5.92 Å². The summed E-state index contributed by atoms with van der Waals surface area (Å²) in [5.41, 5.74) is 2.18. The van der Waals surface area contributed by atoms with Gasteiger partial charge < -0.3 is 10.1 Å². The summed E-state index contributed by atoms with van der Waals surface area (Å²) in [6.45, 7) is 2.03. The van der Waals surface area contributed by atoms with Crippen LogP contribution in [0.3, 0.4) is 0 Å². The van der Waals surface area contributed by atoms with Gasteiger partial charge in [0.05, 0.1) is 29.3 Å². The highest BCUT2D eigenvalue weighted by Crippen LogP contribution is 2.42. The van der Waals surface area contributed by atoms with Gasteiger partial charge >= 0.3 is 0 Å². The van der Waals surface area contributed by atoms with Gasteiger partial charge in [-0.25, -0.2) is 13.3 Å². The third-order valence-electron chi connectivity index (χ3n) is 5.09. The van der Waals surface area contributed by atoms with Crippen LogP contribution in [0.4, 0.5) is 14.6 Å². The molecule has 3 heterocycles. The average molecular weight is 432 g/mol. The summed E-state index contributed by atoms with van der Waals surface area (Å²) in [6, 6.07) is 5.16. The molecule has 1 amide bonds. The van der Waals surface area contributed by atoms with Crippen molar-refractivity contribution in [3.8, 4) is 16.9 Å². The number of amides is 1. The maximum absolute atomic E-state index is 14.9. The monoisotopic (exact) mass is 431 g/mol. The lowest BCUT2D eigenvalue weighted by molar-refractivity contribution is -0.117. The van der Waals surface area contributed by atoms with E-state index in [0.29, 0.717) is 33.4 Å². The number of hydrogen-bond acceptors (Lipinski definition) is 4. The lowest BCUT2D eigenvalue weighted by Crippen LogP contribution is -2.15. The molecule has 154 valence electrons. The fourth-order valence-electron chi connectivity index (χ4n) is 3.51. The highest BCUT2D eigenvalue weighted by molar-refractivity contribution is 6.35. The molecule has 0 bridgehead atoms. The Labute approximate surface area is 174 Å². The van der Waals surface area contributed by atoms with E-state index in [-0.39, 0.29) is 29.7 Å². The molecule has 1 aromatic carbocycles. The Hall–Kier alpha value is -3.20. The summed E-state index contributed by atoms with van der Waals surface area (Å²) >= 11 is 6.37. The number of carbonyl (C=O) groups excluding carboxylic acids is 1. The van der Waals surface area contributed by atoms with Crippen LogP contribution in [0.2, 0.25) is 5.02 Å². The summed E-state index contributed by atoms with van der Waals surface area (Å²) in [6.07, 6.45) is 2.40. The molecule has 2 atom stereocenters. The van der Waals surface area contributed by atoms with E-state index in [9.17, 15) is 13.6 Å². The van der Waals surface area contributed by atoms with E-state index in [4.69, 9.17) is 16.3 Å². The van der Waals surface area contributed by atoms with Crippen LogP contribution in [-0.2, 0) is 4.79 Å². The predicted octanol–water partition coefficient (Wildman–Crippen LogP) is 4.37. The van der Waals surface area contributed by atoms with Crippen LogP contribution >= 0.6 is 11.6 Å². The zero-order valence-electron chi connectivity index (χ0n) is 15.7. The molecule has 7 nitrogen and oxygen atoms in total. The Morgan fingerprint density at radius 3 is 3.00 bits per heavy atom. The number of nitrogens with zero attached hydrogens (tertiary/aromatic N) is 3. The van der Waals surface area contributed by atoms with Crippen LogP contribution in [0.25, 0.3) is 27.5 Å². The van der Waals surface area contributed by atoms with E-state index in [1.165, 1.54) is 0 Å². The van der Waals surface area contributed by atoms with Crippen molar-refractivity contribution < 1.29 is 18.3 Å². The van der Waals surface area contributed by atoms with Gasteiger partial charge in [0.2, 0.25) is 5.91 Å². The number of fused-ring (bicyclic) bond motifs is 2. The van der Waals surface area contributed by atoms with Gasteiger partial charge in [0, 0.05) is 23.2 Å². The van der Waals surface area contributed by atoms with E-state index >= 15 is 0 Å². The second-order valence-corrected chi connectivity index (χ2v) is 7.46. The van der Waals surface area contributed by atoms with Crippen molar-refractivity contribution in [1.82, 2.24) is 19.8 Å². The fraction of sp³-hybridized carbons (Fsp3) is 0.250. The maximum atomic E-state index is 14.9. The summed E-state index contributed by atoms with van der Waals surface area (Å²) in [7, 11) is 0. The molecule has 3 aromatic heterocycles. The van der Waals surface area contributed by atoms with Gasteiger partial charge in [0.25, 0.3) is 0 Å². The minimum Gasteiger partial charge on any atom is -0.489 e. The van der Waals surface area contributed by atoms with Crippen LogP contribution in [0.1, 0.15) is 13.3 Å². The molecule has 10 heteroatoms. The minimum atomic E-state index is -1.08. The van der Waals surface area contributed by atoms with E-state index in [1.54, 1.807) is 42.0 Å². The first-order valence-corrected chi connectivity index (χ1v) is 9.77. The largest absolute Gasteiger partial charge is 0.489 e. The first kappa shape index (κ1) is 18.8. The van der Waals surface area contributed by atoms with E-state index in [2.05, 4.69) is 20.6 Å². The number of anilines is 1. The number of benzene rings is 1. The normalized spacial score (nSPS) is 18.1. The quantitative estimate of drug-likeness (QED) is 0.491. The Bertz CT molecular complexity index is 1300. The van der Waals surface area contributed by atoms with Gasteiger partial charge in [-0.1, -0.05) is 11.6 Å². The number of pyridine rings is 1. The highest BCUT2D eigenvalue weighted by atomic mass is 35.5. The van der Waals surface area contributed by atoms with Crippen molar-refractivity contribution >= 4 is 39.7 Å². The molecule has 1 fully saturated rings. The molecule has 0 radical (unpaired) electrons. The number of hydrogen-bond donors (Lipinski definition) is 2. The molecule has 1 saturated carbocycles. The minimum absolute atomic E-state index is 0.0282. The molecule has 1 aliphatic rings. The molecule has 5 rings (SSSR count). The lowest BCUT2D eigenvalue weighted by Gasteiger charge is -2.12. The topological polar surface area (TPSA) is 84.3 Å². The number of carbonyl (C=O) groups is 1. The van der Waals surface area contributed by atoms with Crippen molar-refractivity contribution in [2.45, 2.75) is 19.5 Å². The molecule has 2 N–H and O–H groups in total. The van der Waals surface area contributed by atoms with Crippen LogP contribution in [-0.4, -0.2) is 38.5 Å². The third kappa shape index (κ3) is 2.97. The van der Waals surface area contributed by atoms with Gasteiger partial charge in [-0.05, 0) is 31.0 Å². The van der Waals surface area contributed by atoms with Crippen LogP contribution in [0.15, 0.2) is 30.6 Å². The smallest absolute Gasteiger partial charge is 0.231 e. The third-order valence-corrected chi connectivity index (χ3v) is 5.44. The summed E-state index contributed by atoms with van der Waals surface area (Å²) in [5.74, 6) is -1.32. The number of ether oxygens (including phenoxy) is 1. The molecule has 1 aliphatic carbocycles. The Morgan fingerprint density at radius 1 is 1.47 bits per heavy atom. The number of alkyl halides is 1. The standard InChI is InChI=1S/C20H16ClF2N5O2/c1-2-30-19-17(23)16(21)15(12-8-24-26-18(12)19)9-3-4-28-10(5-9)6-14(27-28)25-20(29)11-7-13(11)22/h3-6,8,11,13H,2,7H2,1H3,(H,24,26)(H,25,27,29). The molecular formula is C20H16ClF2N5O2. The van der Waals surface area contributed by atoms with Crippen molar-refractivity contribution in [1.29, 1.82) is 0 Å². The molecule has 30 heavy (non-hydrogen) atoms. The first-order chi connectivity index (χ1) is 14.5. The average Bonchev–Trinajstić information content (AvgIpc) is 3.11. The Balaban J connectivity index is 1.57. The summed E-state index contributed by atoms with van der Waals surface area (Å²) in [4.78, 5) is 12.0. The Kier molecular flexibility index (Phi) is 4.35. The molecule has 0 spiro atoms. The number of aromatic amines is 1. The second-order valence-electron chi connectivity index (χ2n) is 7.09. The highest BCUT2D eigenvalue weighted by Gasteiger charge is 2.43. The van der Waals surface area contributed by atoms with Crippen molar-refractivity contribution in [2.75, 3.05) is 11.9 Å². The van der Waals surface area contributed by atoms with Crippen LogP contribution < -0.4 is 10.1 Å². The van der Waals surface area contributed by atoms with Gasteiger partial charge in [-0.2, -0.15) is 10.2 Å². The number of nitrogens with one attached hydrogen (secondary N) is 2. The first-order valence-electron chi connectivity index (χ1n) is 9.39. The summed E-state index contributed by atoms with van der Waals surface area (Å²) < 4.78 is 35.0. The summed E-state index contributed by atoms with van der Waals surface area (Å²) in [5, 5.41) is 14.2. The fourth-order valence-corrected chi connectivity index (χ4v) is 3.81. The zero-order valence-corrected chi connectivity index (χ0v) is 16.5. The van der Waals surface area contributed by atoms with Gasteiger partial charge in [0.15, 0.2) is 17.4 Å². The van der Waals surface area contributed by atoms with Crippen molar-refractivity contribution in [3.63, 3.8) is 0 Å². The molecule has 0 saturated heterocycles.